The van der Waals surface area contributed by atoms with Crippen LogP contribution in [0.2, 0.25) is 0 Å². The lowest BCUT2D eigenvalue weighted by molar-refractivity contribution is 0.0410. The number of carboxylic acids is 1. The fourth-order valence-corrected chi connectivity index (χ4v) is 2.51. The van der Waals surface area contributed by atoms with Crippen LogP contribution in [-0.4, -0.2) is 89.9 Å². The van der Waals surface area contributed by atoms with Crippen molar-refractivity contribution in [2.45, 2.75) is 27.3 Å². The molecule has 15 heteroatoms. The van der Waals surface area contributed by atoms with E-state index in [2.05, 4.69) is 25.5 Å². The van der Waals surface area contributed by atoms with Crippen molar-refractivity contribution in [3.8, 4) is 0 Å². The second-order valence-electron chi connectivity index (χ2n) is 6.95. The maximum atomic E-state index is 11.1. The quantitative estimate of drug-likeness (QED) is 0.272. The molecule has 0 bridgehead atoms. The molecule has 0 radical (unpaired) electrons. The summed E-state index contributed by atoms with van der Waals surface area (Å²) in [5.41, 5.74) is 3.36. The van der Waals surface area contributed by atoms with Crippen LogP contribution in [0.5, 0.6) is 0 Å². The summed E-state index contributed by atoms with van der Waals surface area (Å²) in [7, 11) is 0. The number of aromatic amines is 2. The van der Waals surface area contributed by atoms with Gasteiger partial charge in [-0.25, -0.2) is 14.4 Å². The van der Waals surface area contributed by atoms with E-state index in [4.69, 9.17) is 42.9 Å². The lowest BCUT2D eigenvalue weighted by atomic mass is 10.3. The fourth-order valence-electron chi connectivity index (χ4n) is 2.43. The van der Waals surface area contributed by atoms with Crippen LogP contribution in [-0.2, 0) is 16.0 Å². The van der Waals surface area contributed by atoms with Gasteiger partial charge >= 0.3 is 17.9 Å². The Labute approximate surface area is 216 Å². The van der Waals surface area contributed by atoms with E-state index in [-0.39, 0.29) is 30.6 Å². The van der Waals surface area contributed by atoms with E-state index < -0.39 is 11.9 Å². The zero-order valence-electron chi connectivity index (χ0n) is 20.0. The van der Waals surface area contributed by atoms with Crippen molar-refractivity contribution in [3.63, 3.8) is 0 Å². The molecule has 0 fully saturated rings. The number of cyclic esters (lactones) is 1. The number of H-pyrrole nitrogens is 2. The van der Waals surface area contributed by atoms with Gasteiger partial charge in [0.05, 0.1) is 24.7 Å². The normalized spacial score (nSPS) is 11.3. The first-order chi connectivity index (χ1) is 17.1. The summed E-state index contributed by atoms with van der Waals surface area (Å²) in [6.07, 6.45) is 0. The second-order valence-corrected chi connectivity index (χ2v) is 7.70. The number of aliphatic hydroxyl groups excluding tert-OH is 1. The highest BCUT2D eigenvalue weighted by Gasteiger charge is 2.19. The molecule has 3 aromatic heterocycles. The van der Waals surface area contributed by atoms with E-state index in [9.17, 15) is 14.4 Å². The summed E-state index contributed by atoms with van der Waals surface area (Å²) in [4.78, 5) is 32.2. The van der Waals surface area contributed by atoms with Crippen LogP contribution < -0.4 is 0 Å². The summed E-state index contributed by atoms with van der Waals surface area (Å²) in [5.74, 6) is -1.06. The van der Waals surface area contributed by atoms with Crippen molar-refractivity contribution in [3.05, 3.63) is 52.4 Å². The van der Waals surface area contributed by atoms with Crippen LogP contribution in [0, 0.1) is 20.8 Å². The summed E-state index contributed by atoms with van der Waals surface area (Å²) in [5, 5.41) is 32.6. The topological polar surface area (TPSA) is 185 Å². The summed E-state index contributed by atoms with van der Waals surface area (Å²) < 4.78 is 11.2. The largest absolute Gasteiger partial charge is 0.476 e. The molecule has 0 saturated carbocycles. The van der Waals surface area contributed by atoms with E-state index in [0.717, 1.165) is 17.1 Å². The maximum absolute atomic E-state index is 11.1. The fraction of sp³-hybridized carbons (Fsp3) is 0.429. The van der Waals surface area contributed by atoms with Crippen molar-refractivity contribution in [1.82, 2.24) is 30.2 Å². The molecule has 0 atom stereocenters. The number of aryl methyl sites for hydroxylation is 3. The Kier molecular flexibility index (Phi) is 13.8. The molecule has 1 aliphatic heterocycles. The Bertz CT molecular complexity index is 1110. The smallest absolute Gasteiger partial charge is 0.358 e. The van der Waals surface area contributed by atoms with Crippen molar-refractivity contribution in [1.29, 1.82) is 0 Å². The molecular formula is C21H28Cl2N6O7. The van der Waals surface area contributed by atoms with Gasteiger partial charge in [-0.05, 0) is 39.0 Å². The van der Waals surface area contributed by atoms with Crippen LogP contribution in [0.15, 0.2) is 18.2 Å². The zero-order valence-corrected chi connectivity index (χ0v) is 21.5. The molecule has 0 spiro atoms. The molecule has 0 aromatic carbocycles. The third-order valence-corrected chi connectivity index (χ3v) is 4.21. The Hall–Kier alpha value is -3.42. The molecule has 4 N–H and O–H groups in total. The molecule has 0 amide bonds. The molecule has 4 rings (SSSR count). The number of aromatic nitrogens is 6. The Morgan fingerprint density at radius 1 is 1.08 bits per heavy atom. The van der Waals surface area contributed by atoms with Gasteiger partial charge in [0.25, 0.3) is 0 Å². The predicted molar refractivity (Wildman–Crippen MR) is 130 cm³/mol. The van der Waals surface area contributed by atoms with Crippen LogP contribution in [0.3, 0.4) is 0 Å². The molecule has 13 nitrogen and oxygen atoms in total. The lowest BCUT2D eigenvalue weighted by Crippen LogP contribution is -2.23. The molecule has 3 aromatic rings. The second kappa shape index (κ2) is 16.3. The first kappa shape index (κ1) is 30.6. The highest BCUT2D eigenvalue weighted by atomic mass is 35.5. The van der Waals surface area contributed by atoms with Gasteiger partial charge in [0.1, 0.15) is 18.9 Å². The minimum atomic E-state index is -1.00. The first-order valence-electron chi connectivity index (χ1n) is 10.5. The van der Waals surface area contributed by atoms with E-state index in [1.807, 2.05) is 13.8 Å². The van der Waals surface area contributed by atoms with Gasteiger partial charge in [-0.1, -0.05) is 0 Å². The molecule has 4 heterocycles. The number of carbonyl (C=O) groups is 3. The number of rotatable bonds is 5. The highest BCUT2D eigenvalue weighted by molar-refractivity contribution is 6.18. The van der Waals surface area contributed by atoms with E-state index >= 15 is 0 Å². The number of carbonyl (C=O) groups excluding carboxylic acids is 2. The van der Waals surface area contributed by atoms with Gasteiger partial charge in [0.2, 0.25) is 0 Å². The highest BCUT2D eigenvalue weighted by Crippen LogP contribution is 2.09. The zero-order chi connectivity index (χ0) is 27.1. The van der Waals surface area contributed by atoms with Gasteiger partial charge < -0.3 is 19.7 Å². The van der Waals surface area contributed by atoms with Crippen molar-refractivity contribution in [2.24, 2.45) is 0 Å². The minimum absolute atomic E-state index is 0.0625. The van der Waals surface area contributed by atoms with Gasteiger partial charge in [-0.2, -0.15) is 15.3 Å². The standard InChI is InChI=1S/C7H9ClN2O2.C7H8N2O2.C5H6N2O2.C2H5ClO/c1-5-4-6(10-9-5)7(11)12-3-2-8;1-5-4-6-7(10)11-3-2-9(6)8-5;1-3-2-4(5(8)9)7-6-3;3-1-2-4/h4H,2-3H2,1H3,(H,9,10);4H,2-3H2,1H3;2H,1H3,(H,6,7)(H,8,9);4H,1-2H2. The molecule has 0 aliphatic carbocycles. The summed E-state index contributed by atoms with van der Waals surface area (Å²) >= 11 is 10.3. The number of carboxylic acid groups (broad SMARTS) is 1. The third-order valence-electron chi connectivity index (χ3n) is 3.88. The van der Waals surface area contributed by atoms with Gasteiger partial charge in [0.15, 0.2) is 11.4 Å². The lowest BCUT2D eigenvalue weighted by Gasteiger charge is -2.12. The number of aliphatic hydroxyl groups is 1. The van der Waals surface area contributed by atoms with E-state index in [1.165, 1.54) is 6.07 Å². The summed E-state index contributed by atoms with van der Waals surface area (Å²) in [6.45, 7) is 6.83. The first-order valence-corrected chi connectivity index (χ1v) is 11.6. The number of halogens is 2. The molecular weight excluding hydrogens is 519 g/mol. The van der Waals surface area contributed by atoms with Crippen LogP contribution in [0.25, 0.3) is 0 Å². The van der Waals surface area contributed by atoms with Gasteiger partial charge in [0, 0.05) is 17.3 Å². The number of fused-ring (bicyclic) bond motifs is 1. The molecule has 1 aliphatic rings. The van der Waals surface area contributed by atoms with Crippen molar-refractivity contribution in [2.75, 3.05) is 31.6 Å². The van der Waals surface area contributed by atoms with Crippen LogP contribution >= 0.6 is 23.2 Å². The van der Waals surface area contributed by atoms with Crippen molar-refractivity contribution >= 4 is 41.1 Å². The Morgan fingerprint density at radius 2 is 1.67 bits per heavy atom. The van der Waals surface area contributed by atoms with Gasteiger partial charge in [-0.15, -0.1) is 23.2 Å². The molecule has 36 heavy (non-hydrogen) atoms. The number of hydrogen-bond acceptors (Lipinski definition) is 9. The third kappa shape index (κ3) is 10.9. The van der Waals surface area contributed by atoms with Crippen molar-refractivity contribution < 1.29 is 34.1 Å². The predicted octanol–water partition coefficient (Wildman–Crippen LogP) is 2.11. The minimum Gasteiger partial charge on any atom is -0.476 e. The molecule has 0 saturated heterocycles. The number of aromatic carboxylic acids is 1. The Morgan fingerprint density at radius 3 is 2.08 bits per heavy atom. The molecule has 198 valence electrons. The maximum Gasteiger partial charge on any atom is 0.358 e. The number of nitrogens with one attached hydrogen (secondary N) is 2. The number of nitrogens with zero attached hydrogens (tertiary/aromatic N) is 4. The van der Waals surface area contributed by atoms with Crippen LogP contribution in [0.4, 0.5) is 0 Å². The van der Waals surface area contributed by atoms with E-state index in [1.54, 1.807) is 23.7 Å². The number of esters is 2. The van der Waals surface area contributed by atoms with Crippen LogP contribution in [0.1, 0.15) is 48.5 Å². The summed E-state index contributed by atoms with van der Waals surface area (Å²) in [6, 6.07) is 4.83. The SMILES string of the molecule is Cc1cc(C(=O)O)n[nH]1.Cc1cc(C(=O)OCCCl)n[nH]1.Cc1cc2n(n1)CCOC2=O.OCCCl. The average Bonchev–Trinajstić information content (AvgIpc) is 3.58. The van der Waals surface area contributed by atoms with Gasteiger partial charge in [-0.3, -0.25) is 14.9 Å². The molecule has 0 unspecified atom stereocenters. The monoisotopic (exact) mass is 546 g/mol. The number of alkyl halides is 2. The Balaban J connectivity index is 0.000000253. The average molecular weight is 547 g/mol. The van der Waals surface area contributed by atoms with E-state index in [0.29, 0.717) is 30.6 Å². The number of ether oxygens (including phenoxy) is 2. The number of hydrogen-bond donors (Lipinski definition) is 4.